The fraction of sp³-hybridized carbons (Fsp3) is 0.182. The minimum atomic E-state index is -0.331. The second-order valence-electron chi connectivity index (χ2n) is 2.72. The number of hydrogen-bond donors (Lipinski definition) is 1. The predicted octanol–water partition coefficient (Wildman–Crippen LogP) is 1.45. The van der Waals surface area contributed by atoms with Gasteiger partial charge in [-0.3, -0.25) is 0 Å². The molecule has 1 aromatic carbocycles. The molecule has 0 atom stereocenters. The predicted molar refractivity (Wildman–Crippen MR) is 55.9 cm³/mol. The summed E-state index contributed by atoms with van der Waals surface area (Å²) < 4.78 is 4.65. The summed E-state index contributed by atoms with van der Waals surface area (Å²) in [5.41, 5.74) is 6.71. The molecule has 0 spiro atoms. The van der Waals surface area contributed by atoms with E-state index in [-0.39, 0.29) is 5.97 Å². The number of methoxy groups -OCH3 is 1. The van der Waals surface area contributed by atoms with Gasteiger partial charge in [-0.2, -0.15) is 0 Å². The second-order valence-corrected chi connectivity index (χ2v) is 2.72. The molecular formula is C11H13NO2. The number of ether oxygens (including phenoxy) is 1. The second kappa shape index (κ2) is 5.19. The SMILES string of the molecule is COC(=O)c1ccccc1C=CCN. The number of benzene rings is 1. The minimum absolute atomic E-state index is 0.331. The summed E-state index contributed by atoms with van der Waals surface area (Å²) in [7, 11) is 1.37. The van der Waals surface area contributed by atoms with Crippen molar-refractivity contribution in [2.75, 3.05) is 13.7 Å². The molecule has 0 aliphatic heterocycles. The van der Waals surface area contributed by atoms with E-state index < -0.39 is 0 Å². The summed E-state index contributed by atoms with van der Waals surface area (Å²) in [6, 6.07) is 7.23. The zero-order valence-electron chi connectivity index (χ0n) is 8.07. The van der Waals surface area contributed by atoms with Gasteiger partial charge in [0.1, 0.15) is 0 Å². The maximum atomic E-state index is 11.3. The highest BCUT2D eigenvalue weighted by Crippen LogP contribution is 2.11. The molecular weight excluding hydrogens is 178 g/mol. The van der Waals surface area contributed by atoms with Crippen LogP contribution in [0.3, 0.4) is 0 Å². The molecule has 3 nitrogen and oxygen atoms in total. The first kappa shape index (κ1) is 10.5. The Morgan fingerprint density at radius 1 is 1.50 bits per heavy atom. The Labute approximate surface area is 83.2 Å². The molecule has 0 unspecified atom stereocenters. The van der Waals surface area contributed by atoms with Crippen LogP contribution in [0.15, 0.2) is 30.3 Å². The molecule has 14 heavy (non-hydrogen) atoms. The standard InChI is InChI=1S/C11H13NO2/c1-14-11(13)10-7-3-2-5-9(10)6-4-8-12/h2-7H,8,12H2,1H3. The van der Waals surface area contributed by atoms with Crippen LogP contribution in [0.25, 0.3) is 6.08 Å². The number of carbonyl (C=O) groups excluding carboxylic acids is 1. The van der Waals surface area contributed by atoms with E-state index in [9.17, 15) is 4.79 Å². The first-order valence-corrected chi connectivity index (χ1v) is 4.33. The van der Waals surface area contributed by atoms with Gasteiger partial charge >= 0.3 is 5.97 Å². The minimum Gasteiger partial charge on any atom is -0.465 e. The van der Waals surface area contributed by atoms with Crippen LogP contribution in [0.2, 0.25) is 0 Å². The highest BCUT2D eigenvalue weighted by molar-refractivity contribution is 5.93. The summed E-state index contributed by atoms with van der Waals surface area (Å²) >= 11 is 0. The van der Waals surface area contributed by atoms with Crippen LogP contribution in [-0.4, -0.2) is 19.6 Å². The molecule has 0 heterocycles. The zero-order chi connectivity index (χ0) is 10.4. The van der Waals surface area contributed by atoms with E-state index in [2.05, 4.69) is 4.74 Å². The first-order valence-electron chi connectivity index (χ1n) is 4.33. The maximum Gasteiger partial charge on any atom is 0.338 e. The van der Waals surface area contributed by atoms with Crippen LogP contribution < -0.4 is 5.73 Å². The smallest absolute Gasteiger partial charge is 0.338 e. The highest BCUT2D eigenvalue weighted by Gasteiger charge is 2.07. The summed E-state index contributed by atoms with van der Waals surface area (Å²) in [6.45, 7) is 0.454. The quantitative estimate of drug-likeness (QED) is 0.735. The molecule has 0 fully saturated rings. The van der Waals surface area contributed by atoms with Crippen molar-refractivity contribution < 1.29 is 9.53 Å². The molecule has 0 saturated heterocycles. The maximum absolute atomic E-state index is 11.3. The number of rotatable bonds is 3. The van der Waals surface area contributed by atoms with Crippen LogP contribution in [0, 0.1) is 0 Å². The molecule has 0 radical (unpaired) electrons. The molecule has 0 aliphatic carbocycles. The molecule has 0 bridgehead atoms. The van der Waals surface area contributed by atoms with Gasteiger partial charge < -0.3 is 10.5 Å². The molecule has 3 heteroatoms. The van der Waals surface area contributed by atoms with Gasteiger partial charge in [0.15, 0.2) is 0 Å². The van der Waals surface area contributed by atoms with Gasteiger partial charge in [-0.25, -0.2) is 4.79 Å². The molecule has 74 valence electrons. The van der Waals surface area contributed by atoms with Crippen molar-refractivity contribution in [2.45, 2.75) is 0 Å². The third-order valence-corrected chi connectivity index (χ3v) is 1.80. The largest absolute Gasteiger partial charge is 0.465 e. The van der Waals surface area contributed by atoms with E-state index in [0.717, 1.165) is 5.56 Å². The summed E-state index contributed by atoms with van der Waals surface area (Å²) in [6.07, 6.45) is 3.61. The Bertz CT molecular complexity index is 345. The van der Waals surface area contributed by atoms with E-state index >= 15 is 0 Å². The van der Waals surface area contributed by atoms with E-state index in [1.165, 1.54) is 7.11 Å². The summed E-state index contributed by atoms with van der Waals surface area (Å²) in [5, 5.41) is 0. The summed E-state index contributed by atoms with van der Waals surface area (Å²) in [5.74, 6) is -0.331. The Kier molecular flexibility index (Phi) is 3.88. The van der Waals surface area contributed by atoms with Crippen molar-refractivity contribution >= 4 is 12.0 Å². The van der Waals surface area contributed by atoms with E-state index in [4.69, 9.17) is 5.73 Å². The van der Waals surface area contributed by atoms with Gasteiger partial charge in [0.2, 0.25) is 0 Å². The molecule has 0 amide bonds. The third kappa shape index (κ3) is 2.44. The van der Waals surface area contributed by atoms with Crippen molar-refractivity contribution in [3.63, 3.8) is 0 Å². The highest BCUT2D eigenvalue weighted by atomic mass is 16.5. The fourth-order valence-corrected chi connectivity index (χ4v) is 1.13. The average Bonchev–Trinajstić information content (AvgIpc) is 2.25. The molecule has 0 aliphatic rings. The normalized spacial score (nSPS) is 10.4. The number of hydrogen-bond acceptors (Lipinski definition) is 3. The first-order chi connectivity index (χ1) is 6.79. The molecule has 0 saturated carbocycles. The van der Waals surface area contributed by atoms with Crippen LogP contribution in [0.1, 0.15) is 15.9 Å². The number of esters is 1. The van der Waals surface area contributed by atoms with Crippen molar-refractivity contribution in [1.29, 1.82) is 0 Å². The average molecular weight is 191 g/mol. The molecule has 2 N–H and O–H groups in total. The van der Waals surface area contributed by atoms with E-state index in [1.807, 2.05) is 18.2 Å². The van der Waals surface area contributed by atoms with Gasteiger partial charge in [0.25, 0.3) is 0 Å². The summed E-state index contributed by atoms with van der Waals surface area (Å²) in [4.78, 5) is 11.3. The van der Waals surface area contributed by atoms with Crippen LogP contribution in [0.5, 0.6) is 0 Å². The zero-order valence-corrected chi connectivity index (χ0v) is 8.07. The molecule has 0 aromatic heterocycles. The monoisotopic (exact) mass is 191 g/mol. The number of carbonyl (C=O) groups is 1. The van der Waals surface area contributed by atoms with Gasteiger partial charge in [0.05, 0.1) is 12.7 Å². The van der Waals surface area contributed by atoms with Crippen molar-refractivity contribution in [3.8, 4) is 0 Å². The van der Waals surface area contributed by atoms with Crippen LogP contribution >= 0.6 is 0 Å². The Morgan fingerprint density at radius 3 is 2.86 bits per heavy atom. The molecule has 1 aromatic rings. The fourth-order valence-electron chi connectivity index (χ4n) is 1.13. The molecule has 1 rings (SSSR count). The lowest BCUT2D eigenvalue weighted by Crippen LogP contribution is -2.03. The number of nitrogens with two attached hydrogens (primary N) is 1. The Morgan fingerprint density at radius 2 is 2.21 bits per heavy atom. The lowest BCUT2D eigenvalue weighted by atomic mass is 10.1. The lowest BCUT2D eigenvalue weighted by Gasteiger charge is -2.02. The van der Waals surface area contributed by atoms with Gasteiger partial charge in [-0.15, -0.1) is 0 Å². The van der Waals surface area contributed by atoms with Crippen LogP contribution in [-0.2, 0) is 4.74 Å². The third-order valence-electron chi connectivity index (χ3n) is 1.80. The van der Waals surface area contributed by atoms with E-state index in [1.54, 1.807) is 18.2 Å². The van der Waals surface area contributed by atoms with E-state index in [0.29, 0.717) is 12.1 Å². The Balaban J connectivity index is 3.03. The van der Waals surface area contributed by atoms with Crippen molar-refractivity contribution in [3.05, 3.63) is 41.5 Å². The van der Waals surface area contributed by atoms with Crippen LogP contribution in [0.4, 0.5) is 0 Å². The van der Waals surface area contributed by atoms with Gasteiger partial charge in [-0.05, 0) is 11.6 Å². The van der Waals surface area contributed by atoms with Crippen molar-refractivity contribution in [1.82, 2.24) is 0 Å². The van der Waals surface area contributed by atoms with Gasteiger partial charge in [-0.1, -0.05) is 30.4 Å². The Hall–Kier alpha value is -1.61. The lowest BCUT2D eigenvalue weighted by molar-refractivity contribution is 0.0600. The van der Waals surface area contributed by atoms with Crippen molar-refractivity contribution in [2.24, 2.45) is 5.73 Å². The topological polar surface area (TPSA) is 52.3 Å². The van der Waals surface area contributed by atoms with Gasteiger partial charge in [0, 0.05) is 6.54 Å².